The van der Waals surface area contributed by atoms with Crippen LogP contribution in [0.15, 0.2) is 36.4 Å². The van der Waals surface area contributed by atoms with Crippen LogP contribution in [-0.2, 0) is 0 Å². The summed E-state index contributed by atoms with van der Waals surface area (Å²) in [5, 5.41) is 20.2. The molecule has 0 bridgehead atoms. The van der Waals surface area contributed by atoms with Crippen molar-refractivity contribution in [2.24, 2.45) is 5.41 Å². The number of nitrogens with one attached hydrogen (secondary N) is 2. The fourth-order valence-electron chi connectivity index (χ4n) is 3.98. The van der Waals surface area contributed by atoms with E-state index in [4.69, 9.17) is 0 Å². The van der Waals surface area contributed by atoms with Crippen LogP contribution in [0, 0.1) is 5.41 Å². The number of carbonyl (C=O) groups is 2. The smallest absolute Gasteiger partial charge is 0.271 e. The Kier molecular flexibility index (Phi) is 6.07. The van der Waals surface area contributed by atoms with E-state index in [0.717, 1.165) is 12.0 Å². The molecule has 1 heterocycles. The van der Waals surface area contributed by atoms with E-state index in [1.807, 2.05) is 51.1 Å². The van der Waals surface area contributed by atoms with Crippen LogP contribution in [0.4, 0.5) is 0 Å². The number of aliphatic hydroxyl groups excluding tert-OH is 1. The average molecular weight is 399 g/mol. The zero-order valence-corrected chi connectivity index (χ0v) is 17.5. The summed E-state index contributed by atoms with van der Waals surface area (Å²) < 4.78 is 1.61. The topological polar surface area (TPSA) is 96.3 Å². The minimum absolute atomic E-state index is 0.0280. The van der Waals surface area contributed by atoms with Crippen LogP contribution in [0.25, 0.3) is 0 Å². The molecular formula is C22H30N4O3. The number of carbonyl (C=O) groups excluding carboxylic acids is 2. The fraction of sp³-hybridized carbons (Fsp3) is 0.500. The van der Waals surface area contributed by atoms with Crippen LogP contribution in [0.3, 0.4) is 0 Å². The lowest BCUT2D eigenvalue weighted by Crippen LogP contribution is -2.46. The Balaban J connectivity index is 1.88. The van der Waals surface area contributed by atoms with Crippen molar-refractivity contribution in [2.75, 3.05) is 7.05 Å². The average Bonchev–Trinajstić information content (AvgIpc) is 3.15. The molecule has 1 aliphatic carbocycles. The van der Waals surface area contributed by atoms with Gasteiger partial charge in [0.15, 0.2) is 5.69 Å². The first kappa shape index (κ1) is 21.0. The van der Waals surface area contributed by atoms with E-state index in [0.29, 0.717) is 18.5 Å². The van der Waals surface area contributed by atoms with Gasteiger partial charge in [0.25, 0.3) is 11.8 Å². The van der Waals surface area contributed by atoms with Gasteiger partial charge in [-0.3, -0.25) is 14.3 Å². The Hall–Kier alpha value is -2.67. The minimum atomic E-state index is -0.362. The van der Waals surface area contributed by atoms with Crippen molar-refractivity contribution in [3.8, 4) is 0 Å². The standard InChI is InChI=1S/C22H30N4O3/c1-14(15-8-6-5-7-9-15)26-18(12-17(25-26)20(28)23-4)21(29)24-16-10-11-19(27)22(2,3)13-16/h5-9,12,14,16,19,27H,10-11,13H2,1-4H3,(H,23,28)(H,24,29)/t14-,16-,19-/m0/s1. The largest absolute Gasteiger partial charge is 0.393 e. The highest BCUT2D eigenvalue weighted by molar-refractivity contribution is 5.98. The molecule has 2 amide bonds. The summed E-state index contributed by atoms with van der Waals surface area (Å²) in [5.41, 5.74) is 1.31. The molecule has 1 aliphatic rings. The molecule has 7 nitrogen and oxygen atoms in total. The summed E-state index contributed by atoms with van der Waals surface area (Å²) in [5.74, 6) is -0.590. The molecule has 0 saturated heterocycles. The first-order valence-corrected chi connectivity index (χ1v) is 10.1. The van der Waals surface area contributed by atoms with Gasteiger partial charge in [0.05, 0.1) is 12.1 Å². The molecule has 0 unspecified atom stereocenters. The number of nitrogens with zero attached hydrogens (tertiary/aromatic N) is 2. The first-order chi connectivity index (χ1) is 13.7. The van der Waals surface area contributed by atoms with Gasteiger partial charge in [-0.1, -0.05) is 44.2 Å². The normalized spacial score (nSPS) is 22.0. The third kappa shape index (κ3) is 4.50. The Morgan fingerprint density at radius 1 is 1.21 bits per heavy atom. The lowest BCUT2D eigenvalue weighted by atomic mass is 9.73. The lowest BCUT2D eigenvalue weighted by Gasteiger charge is -2.39. The highest BCUT2D eigenvalue weighted by atomic mass is 16.3. The molecule has 7 heteroatoms. The number of amides is 2. The zero-order valence-electron chi connectivity index (χ0n) is 17.5. The summed E-state index contributed by atoms with van der Waals surface area (Å²) in [6, 6.07) is 11.0. The van der Waals surface area contributed by atoms with Crippen molar-refractivity contribution in [3.63, 3.8) is 0 Å². The van der Waals surface area contributed by atoms with Crippen LogP contribution in [0.2, 0.25) is 0 Å². The quantitative estimate of drug-likeness (QED) is 0.721. The van der Waals surface area contributed by atoms with E-state index in [1.165, 1.54) is 13.1 Å². The summed E-state index contributed by atoms with van der Waals surface area (Å²) >= 11 is 0. The summed E-state index contributed by atoms with van der Waals surface area (Å²) in [4.78, 5) is 25.2. The minimum Gasteiger partial charge on any atom is -0.393 e. The van der Waals surface area contributed by atoms with Gasteiger partial charge in [-0.25, -0.2) is 0 Å². The maximum absolute atomic E-state index is 13.1. The SMILES string of the molecule is CNC(=O)c1cc(C(=O)N[C@H]2CC[C@H](O)C(C)(C)C2)n([C@@H](C)c2ccccc2)n1. The van der Waals surface area contributed by atoms with Gasteiger partial charge in [0, 0.05) is 19.2 Å². The van der Waals surface area contributed by atoms with Crippen LogP contribution in [0.1, 0.15) is 72.6 Å². The van der Waals surface area contributed by atoms with Crippen molar-refractivity contribution >= 4 is 11.8 Å². The Morgan fingerprint density at radius 2 is 1.90 bits per heavy atom. The van der Waals surface area contributed by atoms with Crippen molar-refractivity contribution in [1.82, 2.24) is 20.4 Å². The molecule has 2 aromatic rings. The van der Waals surface area contributed by atoms with Gasteiger partial charge in [-0.2, -0.15) is 5.10 Å². The number of hydrogen-bond donors (Lipinski definition) is 3. The first-order valence-electron chi connectivity index (χ1n) is 10.1. The Morgan fingerprint density at radius 3 is 2.52 bits per heavy atom. The Labute approximate surface area is 171 Å². The van der Waals surface area contributed by atoms with E-state index >= 15 is 0 Å². The van der Waals surface area contributed by atoms with Crippen molar-refractivity contribution < 1.29 is 14.7 Å². The van der Waals surface area contributed by atoms with Gasteiger partial charge >= 0.3 is 0 Å². The molecule has 1 fully saturated rings. The lowest BCUT2D eigenvalue weighted by molar-refractivity contribution is 0.00174. The van der Waals surface area contributed by atoms with E-state index < -0.39 is 0 Å². The second kappa shape index (κ2) is 8.37. The second-order valence-electron chi connectivity index (χ2n) is 8.48. The fourth-order valence-corrected chi connectivity index (χ4v) is 3.98. The molecular weight excluding hydrogens is 368 g/mol. The number of aliphatic hydroxyl groups is 1. The molecule has 0 radical (unpaired) electrons. The predicted molar refractivity (Wildman–Crippen MR) is 111 cm³/mol. The van der Waals surface area contributed by atoms with Crippen molar-refractivity contribution in [2.45, 2.75) is 58.2 Å². The monoisotopic (exact) mass is 398 g/mol. The van der Waals surface area contributed by atoms with Gasteiger partial charge < -0.3 is 15.7 Å². The number of rotatable bonds is 5. The van der Waals surface area contributed by atoms with E-state index in [1.54, 1.807) is 4.68 Å². The van der Waals surface area contributed by atoms with E-state index in [9.17, 15) is 14.7 Å². The highest BCUT2D eigenvalue weighted by Gasteiger charge is 2.36. The molecule has 3 N–H and O–H groups in total. The molecule has 156 valence electrons. The summed E-state index contributed by atoms with van der Waals surface area (Å²) in [6.45, 7) is 5.98. The highest BCUT2D eigenvalue weighted by Crippen LogP contribution is 2.35. The van der Waals surface area contributed by atoms with E-state index in [2.05, 4.69) is 15.7 Å². The number of benzene rings is 1. The summed E-state index contributed by atoms with van der Waals surface area (Å²) in [7, 11) is 1.54. The van der Waals surface area contributed by atoms with Gasteiger partial charge in [-0.15, -0.1) is 0 Å². The zero-order chi connectivity index (χ0) is 21.2. The molecule has 1 aromatic heterocycles. The third-order valence-electron chi connectivity index (χ3n) is 5.88. The molecule has 29 heavy (non-hydrogen) atoms. The van der Waals surface area contributed by atoms with Crippen LogP contribution >= 0.6 is 0 Å². The molecule has 1 aromatic carbocycles. The van der Waals surface area contributed by atoms with Crippen molar-refractivity contribution in [3.05, 3.63) is 53.3 Å². The maximum atomic E-state index is 13.1. The van der Waals surface area contributed by atoms with Crippen LogP contribution < -0.4 is 10.6 Å². The molecule has 3 atom stereocenters. The van der Waals surface area contributed by atoms with Gasteiger partial charge in [0.1, 0.15) is 5.69 Å². The van der Waals surface area contributed by atoms with Gasteiger partial charge in [-0.05, 0) is 37.2 Å². The second-order valence-corrected chi connectivity index (χ2v) is 8.48. The van der Waals surface area contributed by atoms with Crippen molar-refractivity contribution in [1.29, 1.82) is 0 Å². The molecule has 1 saturated carbocycles. The number of hydrogen-bond acceptors (Lipinski definition) is 4. The molecule has 0 spiro atoms. The van der Waals surface area contributed by atoms with Gasteiger partial charge in [0.2, 0.25) is 0 Å². The third-order valence-corrected chi connectivity index (χ3v) is 5.88. The van der Waals surface area contributed by atoms with E-state index in [-0.39, 0.29) is 41.1 Å². The predicted octanol–water partition coefficient (Wildman–Crippen LogP) is 2.52. The number of aromatic nitrogens is 2. The van der Waals surface area contributed by atoms with Crippen LogP contribution in [0.5, 0.6) is 0 Å². The maximum Gasteiger partial charge on any atom is 0.271 e. The summed E-state index contributed by atoms with van der Waals surface area (Å²) in [6.07, 6.45) is 1.71. The Bertz CT molecular complexity index is 875. The molecule has 0 aliphatic heterocycles. The molecule has 3 rings (SSSR count). The van der Waals surface area contributed by atoms with Crippen LogP contribution in [-0.4, -0.2) is 45.9 Å².